The Hall–Kier alpha value is -2.38. The quantitative estimate of drug-likeness (QED) is 0.921. The molecule has 0 amide bonds. The maximum Gasteiger partial charge on any atom is 0.133 e. The Bertz CT molecular complexity index is 684. The van der Waals surface area contributed by atoms with Crippen LogP contribution in [-0.2, 0) is 13.1 Å². The third kappa shape index (κ3) is 4.08. The van der Waals surface area contributed by atoms with E-state index in [2.05, 4.69) is 27.3 Å². The predicted molar refractivity (Wildman–Crippen MR) is 92.0 cm³/mol. The first-order chi connectivity index (χ1) is 11.4. The number of aromatic nitrogens is 1. The average Bonchev–Trinajstić information content (AvgIpc) is 2.63. The van der Waals surface area contributed by atoms with Gasteiger partial charge < -0.3 is 10.2 Å². The molecule has 2 heterocycles. The maximum atomic E-state index is 8.96. The molecule has 2 aromatic rings. The third-order valence-electron chi connectivity index (χ3n) is 4.22. The van der Waals surface area contributed by atoms with Gasteiger partial charge in [0.15, 0.2) is 0 Å². The smallest absolute Gasteiger partial charge is 0.133 e. The minimum Gasteiger partial charge on any atom is -0.356 e. The van der Waals surface area contributed by atoms with Crippen molar-refractivity contribution in [3.63, 3.8) is 0 Å². The lowest BCUT2D eigenvalue weighted by molar-refractivity contribution is 0.569. The number of rotatable bonds is 5. The van der Waals surface area contributed by atoms with E-state index in [1.54, 1.807) is 0 Å². The van der Waals surface area contributed by atoms with Gasteiger partial charge in [-0.2, -0.15) is 5.26 Å². The van der Waals surface area contributed by atoms with E-state index in [1.807, 2.05) is 36.5 Å². The molecule has 118 valence electrons. The summed E-state index contributed by atoms with van der Waals surface area (Å²) >= 11 is 0. The van der Waals surface area contributed by atoms with Crippen molar-refractivity contribution in [2.75, 3.05) is 18.0 Å². The number of piperidine rings is 1. The van der Waals surface area contributed by atoms with Crippen LogP contribution in [0, 0.1) is 11.3 Å². The summed E-state index contributed by atoms with van der Waals surface area (Å²) in [4.78, 5) is 7.00. The zero-order chi connectivity index (χ0) is 15.9. The largest absolute Gasteiger partial charge is 0.356 e. The molecule has 0 atom stereocenters. The second kappa shape index (κ2) is 7.75. The SMILES string of the molecule is N#Cc1cccc(CNCc2cccnc2N2CCCCC2)c1. The van der Waals surface area contributed by atoms with Gasteiger partial charge in [-0.15, -0.1) is 0 Å². The summed E-state index contributed by atoms with van der Waals surface area (Å²) in [6.45, 7) is 3.75. The molecule has 4 nitrogen and oxygen atoms in total. The number of hydrogen-bond acceptors (Lipinski definition) is 4. The van der Waals surface area contributed by atoms with Crippen LogP contribution in [0.1, 0.15) is 36.0 Å². The standard InChI is InChI=1S/C19H22N4/c20-13-16-6-4-7-17(12-16)14-21-15-18-8-5-9-22-19(18)23-10-2-1-3-11-23/h4-9,12,21H,1-3,10-11,14-15H2. The van der Waals surface area contributed by atoms with Gasteiger partial charge in [0, 0.05) is 37.9 Å². The summed E-state index contributed by atoms with van der Waals surface area (Å²) in [7, 11) is 0. The maximum absolute atomic E-state index is 8.96. The normalized spacial score (nSPS) is 14.5. The molecule has 1 aliphatic rings. The van der Waals surface area contributed by atoms with Crippen molar-refractivity contribution in [1.29, 1.82) is 5.26 Å². The van der Waals surface area contributed by atoms with Gasteiger partial charge in [-0.25, -0.2) is 4.98 Å². The molecule has 0 bridgehead atoms. The number of anilines is 1. The second-order valence-electron chi connectivity index (χ2n) is 5.95. The van der Waals surface area contributed by atoms with Crippen molar-refractivity contribution in [2.24, 2.45) is 0 Å². The Morgan fingerprint density at radius 3 is 2.78 bits per heavy atom. The van der Waals surface area contributed by atoms with E-state index in [-0.39, 0.29) is 0 Å². The van der Waals surface area contributed by atoms with Crippen molar-refractivity contribution in [2.45, 2.75) is 32.4 Å². The number of nitriles is 1. The highest BCUT2D eigenvalue weighted by atomic mass is 15.2. The summed E-state index contributed by atoms with van der Waals surface area (Å²) < 4.78 is 0. The summed E-state index contributed by atoms with van der Waals surface area (Å²) in [5, 5.41) is 12.4. The van der Waals surface area contributed by atoms with Crippen molar-refractivity contribution < 1.29 is 0 Å². The van der Waals surface area contributed by atoms with Crippen LogP contribution in [0.2, 0.25) is 0 Å². The Morgan fingerprint density at radius 2 is 1.96 bits per heavy atom. The van der Waals surface area contributed by atoms with Crippen LogP contribution in [0.5, 0.6) is 0 Å². The molecule has 1 aromatic heterocycles. The lowest BCUT2D eigenvalue weighted by atomic mass is 10.1. The van der Waals surface area contributed by atoms with Gasteiger partial charge in [0.1, 0.15) is 5.82 Å². The van der Waals surface area contributed by atoms with Crippen LogP contribution in [0.25, 0.3) is 0 Å². The van der Waals surface area contributed by atoms with Gasteiger partial charge >= 0.3 is 0 Å². The molecule has 1 aliphatic heterocycles. The molecule has 1 saturated heterocycles. The molecular formula is C19H22N4. The molecule has 1 fully saturated rings. The van der Waals surface area contributed by atoms with Gasteiger partial charge in [0.25, 0.3) is 0 Å². The molecule has 4 heteroatoms. The van der Waals surface area contributed by atoms with E-state index in [9.17, 15) is 0 Å². The number of nitrogens with one attached hydrogen (secondary N) is 1. The van der Waals surface area contributed by atoms with Gasteiger partial charge in [-0.3, -0.25) is 0 Å². The lowest BCUT2D eigenvalue weighted by Crippen LogP contribution is -2.31. The minimum atomic E-state index is 0.708. The van der Waals surface area contributed by atoms with Crippen LogP contribution in [-0.4, -0.2) is 18.1 Å². The molecule has 0 spiro atoms. The highest BCUT2D eigenvalue weighted by Crippen LogP contribution is 2.21. The summed E-state index contributed by atoms with van der Waals surface area (Å²) in [6.07, 6.45) is 5.71. The van der Waals surface area contributed by atoms with E-state index in [1.165, 1.54) is 24.8 Å². The van der Waals surface area contributed by atoms with Gasteiger partial charge in [-0.1, -0.05) is 18.2 Å². The number of nitrogens with zero attached hydrogens (tertiary/aromatic N) is 3. The fraction of sp³-hybridized carbons (Fsp3) is 0.368. The van der Waals surface area contributed by atoms with Gasteiger partial charge in [-0.05, 0) is 43.0 Å². The first-order valence-corrected chi connectivity index (χ1v) is 8.25. The monoisotopic (exact) mass is 306 g/mol. The molecule has 23 heavy (non-hydrogen) atoms. The molecule has 0 unspecified atom stereocenters. The second-order valence-corrected chi connectivity index (χ2v) is 5.95. The highest BCUT2D eigenvalue weighted by Gasteiger charge is 2.15. The van der Waals surface area contributed by atoms with E-state index in [4.69, 9.17) is 5.26 Å². The molecule has 0 saturated carbocycles. The molecule has 1 aromatic carbocycles. The third-order valence-corrected chi connectivity index (χ3v) is 4.22. The average molecular weight is 306 g/mol. The van der Waals surface area contributed by atoms with Gasteiger partial charge in [0.2, 0.25) is 0 Å². The summed E-state index contributed by atoms with van der Waals surface area (Å²) in [5.74, 6) is 1.12. The molecule has 0 radical (unpaired) electrons. The molecule has 1 N–H and O–H groups in total. The first kappa shape index (κ1) is 15.5. The van der Waals surface area contributed by atoms with Crippen molar-refractivity contribution >= 4 is 5.82 Å². The van der Waals surface area contributed by atoms with Crippen LogP contribution in [0.15, 0.2) is 42.6 Å². The van der Waals surface area contributed by atoms with Crippen LogP contribution < -0.4 is 10.2 Å². The van der Waals surface area contributed by atoms with Crippen LogP contribution >= 0.6 is 0 Å². The highest BCUT2D eigenvalue weighted by molar-refractivity contribution is 5.47. The fourth-order valence-corrected chi connectivity index (χ4v) is 3.05. The summed E-state index contributed by atoms with van der Waals surface area (Å²) in [6, 6.07) is 14.1. The van der Waals surface area contributed by atoms with E-state index in [0.717, 1.165) is 37.6 Å². The topological polar surface area (TPSA) is 52.0 Å². The van der Waals surface area contributed by atoms with E-state index in [0.29, 0.717) is 5.56 Å². The predicted octanol–water partition coefficient (Wildman–Crippen LogP) is 3.23. The zero-order valence-corrected chi connectivity index (χ0v) is 13.3. The Balaban J connectivity index is 1.63. The molecule has 3 rings (SSSR count). The zero-order valence-electron chi connectivity index (χ0n) is 13.3. The van der Waals surface area contributed by atoms with Crippen molar-refractivity contribution in [3.8, 4) is 6.07 Å². The lowest BCUT2D eigenvalue weighted by Gasteiger charge is -2.29. The number of hydrogen-bond donors (Lipinski definition) is 1. The number of pyridine rings is 1. The van der Waals surface area contributed by atoms with Crippen molar-refractivity contribution in [1.82, 2.24) is 10.3 Å². The van der Waals surface area contributed by atoms with Gasteiger partial charge in [0.05, 0.1) is 11.6 Å². The minimum absolute atomic E-state index is 0.708. The number of benzene rings is 1. The first-order valence-electron chi connectivity index (χ1n) is 8.25. The Morgan fingerprint density at radius 1 is 1.09 bits per heavy atom. The van der Waals surface area contributed by atoms with E-state index < -0.39 is 0 Å². The van der Waals surface area contributed by atoms with Crippen molar-refractivity contribution in [3.05, 3.63) is 59.3 Å². The van der Waals surface area contributed by atoms with Crippen LogP contribution in [0.3, 0.4) is 0 Å². The molecule has 0 aliphatic carbocycles. The Kier molecular flexibility index (Phi) is 5.23. The Labute approximate surface area is 137 Å². The van der Waals surface area contributed by atoms with E-state index >= 15 is 0 Å². The fourth-order valence-electron chi connectivity index (χ4n) is 3.05. The summed E-state index contributed by atoms with van der Waals surface area (Å²) in [5.41, 5.74) is 3.08. The van der Waals surface area contributed by atoms with Crippen LogP contribution in [0.4, 0.5) is 5.82 Å². The molecular weight excluding hydrogens is 284 g/mol.